The zero-order valence-electron chi connectivity index (χ0n) is 15.0. The molecule has 1 atom stereocenters. The summed E-state index contributed by atoms with van der Waals surface area (Å²) in [7, 11) is 0. The van der Waals surface area contributed by atoms with Crippen molar-refractivity contribution in [2.24, 2.45) is 0 Å². The summed E-state index contributed by atoms with van der Waals surface area (Å²) in [5.74, 6) is 1.50. The standard InChI is InChI=1S/C22H23N3O/c1-2-3-13-22(16-23,17-25-15-14-24-18-25)20-11-7-8-12-21(20)26-19-9-5-4-6-10-19/h4-12,14-15,18H,2-3,13,17H2,1H3. The number of imidazole rings is 1. The van der Waals surface area contributed by atoms with E-state index in [-0.39, 0.29) is 0 Å². The lowest BCUT2D eigenvalue weighted by molar-refractivity contribution is 0.389. The van der Waals surface area contributed by atoms with E-state index >= 15 is 0 Å². The monoisotopic (exact) mass is 345 g/mol. The molecule has 0 bridgehead atoms. The number of unbranched alkanes of at least 4 members (excludes halogenated alkanes) is 1. The number of para-hydroxylation sites is 2. The van der Waals surface area contributed by atoms with Crippen molar-refractivity contribution < 1.29 is 4.74 Å². The van der Waals surface area contributed by atoms with Crippen molar-refractivity contribution in [2.45, 2.75) is 38.1 Å². The number of nitrogens with zero attached hydrogens (tertiary/aromatic N) is 3. The van der Waals surface area contributed by atoms with E-state index < -0.39 is 5.41 Å². The van der Waals surface area contributed by atoms with Gasteiger partial charge in [0.25, 0.3) is 0 Å². The lowest BCUT2D eigenvalue weighted by Gasteiger charge is -2.29. The molecule has 0 N–H and O–H groups in total. The molecule has 0 amide bonds. The van der Waals surface area contributed by atoms with Gasteiger partial charge in [0.05, 0.1) is 12.4 Å². The molecule has 0 saturated carbocycles. The first-order valence-corrected chi connectivity index (χ1v) is 8.97. The summed E-state index contributed by atoms with van der Waals surface area (Å²) in [6.07, 6.45) is 8.19. The van der Waals surface area contributed by atoms with Gasteiger partial charge in [-0.3, -0.25) is 0 Å². The van der Waals surface area contributed by atoms with Gasteiger partial charge in [0.15, 0.2) is 0 Å². The third-order valence-corrected chi connectivity index (χ3v) is 4.56. The Hall–Kier alpha value is -3.06. The first kappa shape index (κ1) is 17.8. The maximum Gasteiger partial charge on any atom is 0.132 e. The smallest absolute Gasteiger partial charge is 0.132 e. The number of hydrogen-bond donors (Lipinski definition) is 0. The zero-order chi connectivity index (χ0) is 18.2. The molecule has 0 saturated heterocycles. The first-order valence-electron chi connectivity index (χ1n) is 8.97. The lowest BCUT2D eigenvalue weighted by atomic mass is 9.77. The van der Waals surface area contributed by atoms with Crippen LogP contribution < -0.4 is 4.74 Å². The van der Waals surface area contributed by atoms with Crippen molar-refractivity contribution >= 4 is 0 Å². The van der Waals surface area contributed by atoms with Gasteiger partial charge in [-0.1, -0.05) is 56.2 Å². The molecule has 4 heteroatoms. The second-order valence-corrected chi connectivity index (χ2v) is 6.44. The molecule has 1 unspecified atom stereocenters. The maximum atomic E-state index is 10.2. The van der Waals surface area contributed by atoms with Crippen molar-refractivity contribution in [3.05, 3.63) is 78.9 Å². The molecule has 0 aliphatic carbocycles. The molecule has 1 aromatic heterocycles. The van der Waals surface area contributed by atoms with Crippen LogP contribution in [-0.2, 0) is 12.0 Å². The van der Waals surface area contributed by atoms with E-state index in [1.54, 1.807) is 12.5 Å². The molecule has 3 rings (SSSR count). The number of nitriles is 1. The molecule has 0 aliphatic rings. The Morgan fingerprint density at radius 1 is 1.12 bits per heavy atom. The van der Waals surface area contributed by atoms with Crippen molar-refractivity contribution in [1.29, 1.82) is 5.26 Å². The van der Waals surface area contributed by atoms with Gasteiger partial charge in [-0.2, -0.15) is 5.26 Å². The van der Waals surface area contributed by atoms with Gasteiger partial charge < -0.3 is 9.30 Å². The fraction of sp³-hybridized carbons (Fsp3) is 0.273. The van der Waals surface area contributed by atoms with Crippen LogP contribution in [-0.4, -0.2) is 9.55 Å². The number of rotatable bonds is 8. The summed E-state index contributed by atoms with van der Waals surface area (Å²) in [5, 5.41) is 10.2. The van der Waals surface area contributed by atoms with E-state index in [0.717, 1.165) is 36.3 Å². The Labute approximate surface area is 154 Å². The van der Waals surface area contributed by atoms with Gasteiger partial charge in [0.1, 0.15) is 16.9 Å². The third kappa shape index (κ3) is 3.94. The van der Waals surface area contributed by atoms with Crippen LogP contribution in [0.1, 0.15) is 31.7 Å². The predicted molar refractivity (Wildman–Crippen MR) is 102 cm³/mol. The van der Waals surface area contributed by atoms with Crippen LogP contribution in [0.4, 0.5) is 0 Å². The average molecular weight is 345 g/mol. The van der Waals surface area contributed by atoms with E-state index in [1.165, 1.54) is 0 Å². The minimum Gasteiger partial charge on any atom is -0.457 e. The Morgan fingerprint density at radius 2 is 1.88 bits per heavy atom. The highest BCUT2D eigenvalue weighted by Crippen LogP contribution is 2.39. The SMILES string of the molecule is CCCCC(C#N)(Cn1ccnc1)c1ccccc1Oc1ccccc1. The molecule has 132 valence electrons. The van der Waals surface area contributed by atoms with E-state index in [4.69, 9.17) is 4.74 Å². The van der Waals surface area contributed by atoms with Crippen LogP contribution in [0.5, 0.6) is 11.5 Å². The largest absolute Gasteiger partial charge is 0.457 e. The molecule has 0 fully saturated rings. The van der Waals surface area contributed by atoms with Crippen LogP contribution in [0, 0.1) is 11.3 Å². The molecule has 0 spiro atoms. The fourth-order valence-electron chi connectivity index (χ4n) is 3.19. The summed E-state index contributed by atoms with van der Waals surface area (Å²) < 4.78 is 8.11. The number of aromatic nitrogens is 2. The Balaban J connectivity index is 2.02. The summed E-state index contributed by atoms with van der Waals surface area (Å²) in [4.78, 5) is 4.13. The van der Waals surface area contributed by atoms with Gasteiger partial charge in [-0.15, -0.1) is 0 Å². The van der Waals surface area contributed by atoms with Crippen LogP contribution in [0.25, 0.3) is 0 Å². The van der Waals surface area contributed by atoms with E-state index in [2.05, 4.69) is 18.0 Å². The molecule has 26 heavy (non-hydrogen) atoms. The number of ether oxygens (including phenoxy) is 1. The van der Waals surface area contributed by atoms with Crippen molar-refractivity contribution in [2.75, 3.05) is 0 Å². The molecule has 0 aliphatic heterocycles. The van der Waals surface area contributed by atoms with Gasteiger partial charge in [-0.05, 0) is 24.6 Å². The zero-order valence-corrected chi connectivity index (χ0v) is 15.0. The first-order chi connectivity index (χ1) is 12.8. The normalized spacial score (nSPS) is 12.9. The van der Waals surface area contributed by atoms with Gasteiger partial charge in [0.2, 0.25) is 0 Å². The van der Waals surface area contributed by atoms with E-state index in [0.29, 0.717) is 6.54 Å². The van der Waals surface area contributed by atoms with E-state index in [1.807, 2.05) is 65.4 Å². The quantitative estimate of drug-likeness (QED) is 0.554. The minimum absolute atomic E-state index is 0.554. The highest BCUT2D eigenvalue weighted by Gasteiger charge is 2.35. The highest BCUT2D eigenvalue weighted by molar-refractivity contribution is 5.46. The summed E-state index contributed by atoms with van der Waals surface area (Å²) in [5.41, 5.74) is 0.260. The average Bonchev–Trinajstić information content (AvgIpc) is 3.19. The molecule has 4 nitrogen and oxygen atoms in total. The van der Waals surface area contributed by atoms with Gasteiger partial charge >= 0.3 is 0 Å². The summed E-state index contributed by atoms with van der Waals surface area (Å²) in [6.45, 7) is 2.70. The molecular weight excluding hydrogens is 322 g/mol. The van der Waals surface area contributed by atoms with Gasteiger partial charge in [0, 0.05) is 24.5 Å². The van der Waals surface area contributed by atoms with Gasteiger partial charge in [-0.25, -0.2) is 4.98 Å². The topological polar surface area (TPSA) is 50.8 Å². The third-order valence-electron chi connectivity index (χ3n) is 4.56. The molecule has 2 aromatic carbocycles. The Morgan fingerprint density at radius 3 is 2.58 bits per heavy atom. The number of hydrogen-bond acceptors (Lipinski definition) is 3. The predicted octanol–water partition coefficient (Wildman–Crippen LogP) is 5.33. The van der Waals surface area contributed by atoms with E-state index in [9.17, 15) is 5.26 Å². The Bertz CT molecular complexity index is 853. The minimum atomic E-state index is -0.665. The Kier molecular flexibility index (Phi) is 5.70. The molecule has 3 aromatic rings. The second kappa shape index (κ2) is 8.35. The molecule has 0 radical (unpaired) electrons. The number of benzene rings is 2. The lowest BCUT2D eigenvalue weighted by Crippen LogP contribution is -2.30. The maximum absolute atomic E-state index is 10.2. The molecular formula is C22H23N3O. The van der Waals surface area contributed by atoms with Crippen molar-refractivity contribution in [3.63, 3.8) is 0 Å². The summed E-state index contributed by atoms with van der Waals surface area (Å²) in [6, 6.07) is 20.2. The van der Waals surface area contributed by atoms with Crippen LogP contribution in [0.2, 0.25) is 0 Å². The van der Waals surface area contributed by atoms with Crippen molar-refractivity contribution in [3.8, 4) is 17.6 Å². The van der Waals surface area contributed by atoms with Crippen LogP contribution in [0.3, 0.4) is 0 Å². The molecule has 1 heterocycles. The van der Waals surface area contributed by atoms with Crippen LogP contribution in [0.15, 0.2) is 73.3 Å². The second-order valence-electron chi connectivity index (χ2n) is 6.44. The van der Waals surface area contributed by atoms with Crippen LogP contribution >= 0.6 is 0 Å². The fourth-order valence-corrected chi connectivity index (χ4v) is 3.19. The van der Waals surface area contributed by atoms with Crippen molar-refractivity contribution in [1.82, 2.24) is 9.55 Å². The highest BCUT2D eigenvalue weighted by atomic mass is 16.5. The summed E-state index contributed by atoms with van der Waals surface area (Å²) >= 11 is 0.